The van der Waals surface area contributed by atoms with Crippen LogP contribution in [0, 0.1) is 36.5 Å². The number of hydrogen-bond acceptors (Lipinski definition) is 7. The molecule has 1 unspecified atom stereocenters. The van der Waals surface area contributed by atoms with Gasteiger partial charge in [0, 0.05) is 56.1 Å². The first-order valence-corrected chi connectivity index (χ1v) is 20.6. The van der Waals surface area contributed by atoms with E-state index < -0.39 is 21.9 Å². The van der Waals surface area contributed by atoms with Gasteiger partial charge in [0.2, 0.25) is 0 Å². The fraction of sp³-hybridized carbons (Fsp3) is 0.600. The van der Waals surface area contributed by atoms with Crippen molar-refractivity contribution in [3.8, 4) is 5.75 Å². The number of anilines is 1. The SMILES string of the molecule is CO[C@H]1/C=C/C[C@H](C)CS(=O)(NC(=O)N2CC(C3COC3)C2)=NC(=O)c2ccc3c(c2)N(C[C@@H]2CC[C@H]21)C[C@@]1(CCCc2cc(C)ccc21)CO3. The Kier molecular flexibility index (Phi) is 9.42. The van der Waals surface area contributed by atoms with Crippen LogP contribution in [0.1, 0.15) is 66.1 Å². The van der Waals surface area contributed by atoms with Crippen LogP contribution in [-0.4, -0.2) is 86.0 Å². The van der Waals surface area contributed by atoms with Crippen LogP contribution in [0.4, 0.5) is 10.5 Å². The third-order valence-electron chi connectivity index (χ3n) is 12.5. The number of carbonyl (C=O) groups excluding carboxylic acids is 2. The lowest BCUT2D eigenvalue weighted by molar-refractivity contribution is -0.0891. The number of urea groups is 1. The molecule has 0 radical (unpaired) electrons. The predicted octanol–water partition coefficient (Wildman–Crippen LogP) is 5.92. The van der Waals surface area contributed by atoms with Crippen LogP contribution in [0.2, 0.25) is 0 Å². The number of aryl methyl sites for hydroxylation is 2. The summed E-state index contributed by atoms with van der Waals surface area (Å²) in [4.78, 5) is 31.5. The van der Waals surface area contributed by atoms with Gasteiger partial charge in [-0.1, -0.05) is 42.8 Å². The topological polar surface area (TPSA) is 110 Å². The first-order chi connectivity index (χ1) is 24.6. The van der Waals surface area contributed by atoms with Crippen LogP contribution in [0.5, 0.6) is 5.75 Å². The van der Waals surface area contributed by atoms with Gasteiger partial charge >= 0.3 is 6.03 Å². The van der Waals surface area contributed by atoms with Crippen molar-refractivity contribution in [1.82, 2.24) is 9.62 Å². The van der Waals surface area contributed by atoms with Crippen molar-refractivity contribution in [2.75, 3.05) is 63.8 Å². The van der Waals surface area contributed by atoms with Crippen LogP contribution in [0.3, 0.4) is 0 Å². The van der Waals surface area contributed by atoms with Crippen molar-refractivity contribution in [2.24, 2.45) is 34.0 Å². The fourth-order valence-electron chi connectivity index (χ4n) is 9.23. The highest BCUT2D eigenvalue weighted by Crippen LogP contribution is 2.47. The average molecular weight is 717 g/mol. The third-order valence-corrected chi connectivity index (χ3v) is 14.5. The molecule has 6 aliphatic rings. The standard InChI is InChI=1S/C40H52N4O6S/c1-26-9-13-34-28(16-26)7-5-15-40(34)24-44-18-30-10-12-33(30)36(48-3)8-4-6-27(2)23-51(47,42-39(46)43-19-31(20-43)32-21-49-22-32)41-38(45)29-11-14-37(50-25-40)35(44)17-29/h4,8-9,11,13-14,16-17,27,30-33,36H,5-7,10,12,15,18-25H2,1-3H3,(H,41,42,45,46,47)/b8-4+/t27-,30-,33+,36-,40-,51?/m0/s1. The number of likely N-dealkylation sites (tertiary alicyclic amines) is 1. The van der Waals surface area contributed by atoms with Crippen molar-refractivity contribution in [1.29, 1.82) is 0 Å². The van der Waals surface area contributed by atoms with Gasteiger partial charge in [0.05, 0.1) is 37.4 Å². The number of nitrogens with one attached hydrogen (secondary N) is 1. The van der Waals surface area contributed by atoms with Crippen LogP contribution in [-0.2, 0) is 31.2 Å². The van der Waals surface area contributed by atoms with Gasteiger partial charge in [-0.05, 0) is 92.5 Å². The quantitative estimate of drug-likeness (QED) is 0.393. The molecule has 4 aliphatic heterocycles. The van der Waals surface area contributed by atoms with Crippen LogP contribution in [0.15, 0.2) is 52.9 Å². The minimum absolute atomic E-state index is 0.0269. The number of fused-ring (bicyclic) bond motifs is 4. The third kappa shape index (κ3) is 6.81. The largest absolute Gasteiger partial charge is 0.490 e. The molecule has 8 rings (SSSR count). The number of nitrogens with zero attached hydrogens (tertiary/aromatic N) is 3. The molecule has 51 heavy (non-hydrogen) atoms. The molecule has 2 aromatic carbocycles. The highest BCUT2D eigenvalue weighted by atomic mass is 32.2. The highest BCUT2D eigenvalue weighted by Gasteiger charge is 2.45. The molecular formula is C40H52N4O6S. The zero-order chi connectivity index (χ0) is 35.3. The van der Waals surface area contributed by atoms with Crippen LogP contribution < -0.4 is 14.4 Å². The van der Waals surface area contributed by atoms with Gasteiger partial charge in [-0.2, -0.15) is 0 Å². The Hall–Kier alpha value is -3.41. The number of carbonyl (C=O) groups is 2. The molecule has 3 fully saturated rings. The minimum atomic E-state index is -3.44. The molecular weight excluding hydrogens is 665 g/mol. The molecule has 2 aliphatic carbocycles. The molecule has 2 saturated heterocycles. The van der Waals surface area contributed by atoms with Crippen LogP contribution >= 0.6 is 0 Å². The van der Waals surface area contributed by atoms with Crippen molar-refractivity contribution in [3.05, 3.63) is 70.8 Å². The normalized spacial score (nSPS) is 33.3. The maximum atomic E-state index is 14.5. The summed E-state index contributed by atoms with van der Waals surface area (Å²) in [6, 6.07) is 11.9. The summed E-state index contributed by atoms with van der Waals surface area (Å²) < 4.78 is 39.7. The lowest BCUT2D eigenvalue weighted by Crippen LogP contribution is -2.59. The number of ether oxygens (including phenoxy) is 3. The number of methoxy groups -OCH3 is 1. The lowest BCUT2D eigenvalue weighted by Gasteiger charge is -2.46. The maximum absolute atomic E-state index is 14.5. The molecule has 1 saturated carbocycles. The van der Waals surface area contributed by atoms with E-state index >= 15 is 0 Å². The first-order valence-electron chi connectivity index (χ1n) is 18.9. The second kappa shape index (κ2) is 13.9. The van der Waals surface area contributed by atoms with Crippen molar-refractivity contribution < 1.29 is 28.0 Å². The van der Waals surface area contributed by atoms with Gasteiger partial charge in [0.15, 0.2) is 0 Å². The Morgan fingerprint density at radius 3 is 2.67 bits per heavy atom. The van der Waals surface area contributed by atoms with E-state index in [9.17, 15) is 13.8 Å². The Balaban J connectivity index is 1.15. The zero-order valence-electron chi connectivity index (χ0n) is 30.2. The van der Waals surface area contributed by atoms with E-state index in [0.29, 0.717) is 55.4 Å². The monoisotopic (exact) mass is 716 g/mol. The summed E-state index contributed by atoms with van der Waals surface area (Å²) >= 11 is 0. The molecule has 6 atom stereocenters. The van der Waals surface area contributed by atoms with E-state index in [4.69, 9.17) is 14.2 Å². The van der Waals surface area contributed by atoms with Gasteiger partial charge in [-0.25, -0.2) is 9.00 Å². The van der Waals surface area contributed by atoms with Crippen LogP contribution in [0.25, 0.3) is 0 Å². The van der Waals surface area contributed by atoms with Gasteiger partial charge in [-0.3, -0.25) is 9.52 Å². The maximum Gasteiger partial charge on any atom is 0.329 e. The Labute approximate surface area is 302 Å². The molecule has 274 valence electrons. The molecule has 1 spiro atoms. The van der Waals surface area contributed by atoms with Crippen molar-refractivity contribution in [2.45, 2.75) is 63.9 Å². The van der Waals surface area contributed by atoms with Gasteiger partial charge in [-0.15, -0.1) is 4.36 Å². The van der Waals surface area contributed by atoms with E-state index in [2.05, 4.69) is 51.3 Å². The summed E-state index contributed by atoms with van der Waals surface area (Å²) in [5, 5.41) is 0. The van der Waals surface area contributed by atoms with E-state index in [1.165, 1.54) is 16.7 Å². The summed E-state index contributed by atoms with van der Waals surface area (Å²) in [5.41, 5.74) is 5.07. The fourth-order valence-corrected chi connectivity index (χ4v) is 11.1. The molecule has 2 bridgehead atoms. The molecule has 10 nitrogen and oxygen atoms in total. The molecule has 1 N–H and O–H groups in total. The number of amides is 3. The second-order valence-corrected chi connectivity index (χ2v) is 18.2. The number of rotatable bonds is 3. The van der Waals surface area contributed by atoms with Crippen molar-refractivity contribution >= 4 is 27.5 Å². The summed E-state index contributed by atoms with van der Waals surface area (Å²) in [5.74, 6) is 1.77. The lowest BCUT2D eigenvalue weighted by atomic mass is 9.68. The first kappa shape index (κ1) is 34.7. The number of benzene rings is 2. The Morgan fingerprint density at radius 2 is 1.92 bits per heavy atom. The van der Waals surface area contributed by atoms with E-state index in [1.54, 1.807) is 18.1 Å². The van der Waals surface area contributed by atoms with Gasteiger partial charge in [0.25, 0.3) is 5.91 Å². The summed E-state index contributed by atoms with van der Waals surface area (Å²) in [6.07, 6.45) is 10.3. The van der Waals surface area contributed by atoms with Crippen molar-refractivity contribution in [3.63, 3.8) is 0 Å². The summed E-state index contributed by atoms with van der Waals surface area (Å²) in [6.45, 7) is 8.94. The number of allylic oxidation sites excluding steroid dienone is 1. The van der Waals surface area contributed by atoms with Gasteiger partial charge < -0.3 is 24.0 Å². The highest BCUT2D eigenvalue weighted by molar-refractivity contribution is 7.92. The predicted molar refractivity (Wildman–Crippen MR) is 198 cm³/mol. The summed E-state index contributed by atoms with van der Waals surface area (Å²) in [7, 11) is -1.66. The van der Waals surface area contributed by atoms with E-state index in [-0.39, 0.29) is 23.2 Å². The zero-order valence-corrected chi connectivity index (χ0v) is 31.0. The Bertz CT molecular complexity index is 1830. The van der Waals surface area contributed by atoms with E-state index in [1.807, 2.05) is 19.1 Å². The minimum Gasteiger partial charge on any atom is -0.490 e. The molecule has 2 aromatic rings. The molecule has 3 amide bonds. The molecule has 4 heterocycles. The molecule has 0 aromatic heterocycles. The Morgan fingerprint density at radius 1 is 1.08 bits per heavy atom. The van der Waals surface area contributed by atoms with E-state index in [0.717, 1.165) is 69.8 Å². The smallest absolute Gasteiger partial charge is 0.329 e. The average Bonchev–Trinajstić information content (AvgIpc) is 3.19. The molecule has 11 heteroatoms. The second-order valence-electron chi connectivity index (χ2n) is 16.2. The number of hydrogen-bond donors (Lipinski definition) is 1. The van der Waals surface area contributed by atoms with Gasteiger partial charge in [0.1, 0.15) is 15.7 Å².